The van der Waals surface area contributed by atoms with Gasteiger partial charge in [0.1, 0.15) is 0 Å². The van der Waals surface area contributed by atoms with Gasteiger partial charge in [-0.05, 0) is 50.6 Å². The molecule has 0 aliphatic carbocycles. The number of nitrogens with one attached hydrogen (secondary N) is 1. The standard InChI is InChI=1S/C19H25N3/c1-16(18-11-5-6-12-20-18)21-15-19(22-13-7-8-14-22)17-9-3-2-4-10-17/h2-6,9-12,16,19,21H,7-8,13-15H2,1H3. The second kappa shape index (κ2) is 7.52. The summed E-state index contributed by atoms with van der Waals surface area (Å²) in [6, 6.07) is 17.7. The molecule has 1 aromatic carbocycles. The molecule has 116 valence electrons. The maximum atomic E-state index is 4.45. The molecule has 3 rings (SSSR count). The molecular weight excluding hydrogens is 270 g/mol. The monoisotopic (exact) mass is 295 g/mol. The van der Waals surface area contributed by atoms with Crippen LogP contribution in [-0.2, 0) is 0 Å². The number of nitrogens with zero attached hydrogens (tertiary/aromatic N) is 2. The lowest BCUT2D eigenvalue weighted by Crippen LogP contribution is -2.35. The third-order valence-electron chi connectivity index (χ3n) is 4.51. The first kappa shape index (κ1) is 15.2. The molecule has 3 nitrogen and oxygen atoms in total. The number of hydrogen-bond acceptors (Lipinski definition) is 3. The van der Waals surface area contributed by atoms with Crippen LogP contribution < -0.4 is 5.32 Å². The van der Waals surface area contributed by atoms with Gasteiger partial charge in [0, 0.05) is 24.8 Å². The van der Waals surface area contributed by atoms with Crippen LogP contribution in [0.25, 0.3) is 0 Å². The molecule has 0 radical (unpaired) electrons. The molecule has 22 heavy (non-hydrogen) atoms. The van der Waals surface area contributed by atoms with Gasteiger partial charge in [-0.1, -0.05) is 36.4 Å². The Hall–Kier alpha value is -1.71. The Morgan fingerprint density at radius 1 is 1.05 bits per heavy atom. The van der Waals surface area contributed by atoms with Crippen molar-refractivity contribution >= 4 is 0 Å². The van der Waals surface area contributed by atoms with Gasteiger partial charge in [0.05, 0.1) is 5.69 Å². The molecule has 2 heterocycles. The van der Waals surface area contributed by atoms with Gasteiger partial charge < -0.3 is 5.32 Å². The molecule has 1 N–H and O–H groups in total. The fourth-order valence-corrected chi connectivity index (χ4v) is 3.21. The second-order valence-electron chi connectivity index (χ2n) is 6.05. The van der Waals surface area contributed by atoms with Crippen molar-refractivity contribution in [3.8, 4) is 0 Å². The molecule has 1 saturated heterocycles. The zero-order valence-corrected chi connectivity index (χ0v) is 13.3. The summed E-state index contributed by atoms with van der Waals surface area (Å²) in [6.07, 6.45) is 4.50. The molecule has 0 bridgehead atoms. The van der Waals surface area contributed by atoms with E-state index in [0.717, 1.165) is 12.2 Å². The zero-order valence-electron chi connectivity index (χ0n) is 13.3. The molecule has 1 aromatic heterocycles. The Labute approximate surface area is 133 Å². The molecule has 3 heteroatoms. The molecule has 1 aliphatic heterocycles. The van der Waals surface area contributed by atoms with E-state index in [9.17, 15) is 0 Å². The molecule has 1 fully saturated rings. The van der Waals surface area contributed by atoms with Crippen LogP contribution in [0.5, 0.6) is 0 Å². The number of aromatic nitrogens is 1. The van der Waals surface area contributed by atoms with Crippen molar-refractivity contribution in [2.75, 3.05) is 19.6 Å². The van der Waals surface area contributed by atoms with Crippen molar-refractivity contribution in [2.45, 2.75) is 31.8 Å². The summed E-state index contributed by atoms with van der Waals surface area (Å²) in [5.41, 5.74) is 2.51. The number of pyridine rings is 1. The third-order valence-corrected chi connectivity index (χ3v) is 4.51. The largest absolute Gasteiger partial charge is 0.307 e. The average molecular weight is 295 g/mol. The highest BCUT2D eigenvalue weighted by molar-refractivity contribution is 5.20. The molecule has 2 aromatic rings. The van der Waals surface area contributed by atoms with E-state index in [1.54, 1.807) is 0 Å². The van der Waals surface area contributed by atoms with E-state index in [0.29, 0.717) is 6.04 Å². The minimum absolute atomic E-state index is 0.273. The van der Waals surface area contributed by atoms with E-state index in [4.69, 9.17) is 0 Å². The van der Waals surface area contributed by atoms with Crippen LogP contribution in [0.3, 0.4) is 0 Å². The lowest BCUT2D eigenvalue weighted by Gasteiger charge is -2.29. The van der Waals surface area contributed by atoms with Crippen molar-refractivity contribution in [3.05, 3.63) is 66.0 Å². The maximum Gasteiger partial charge on any atom is 0.0570 e. The van der Waals surface area contributed by atoms with Gasteiger partial charge in [0.25, 0.3) is 0 Å². The van der Waals surface area contributed by atoms with Crippen LogP contribution in [0.1, 0.15) is 43.1 Å². The van der Waals surface area contributed by atoms with E-state index < -0.39 is 0 Å². The van der Waals surface area contributed by atoms with Gasteiger partial charge in [-0.3, -0.25) is 9.88 Å². The summed E-state index contributed by atoms with van der Waals surface area (Å²) in [4.78, 5) is 7.06. The molecule has 2 atom stereocenters. The number of hydrogen-bond donors (Lipinski definition) is 1. The van der Waals surface area contributed by atoms with Gasteiger partial charge in [0.15, 0.2) is 0 Å². The quantitative estimate of drug-likeness (QED) is 0.883. The fraction of sp³-hybridized carbons (Fsp3) is 0.421. The first-order chi connectivity index (χ1) is 10.8. The minimum Gasteiger partial charge on any atom is -0.307 e. The van der Waals surface area contributed by atoms with Crippen LogP contribution in [0, 0.1) is 0 Å². The lowest BCUT2D eigenvalue weighted by molar-refractivity contribution is 0.233. The van der Waals surface area contributed by atoms with Crippen molar-refractivity contribution in [2.24, 2.45) is 0 Å². The summed E-state index contributed by atoms with van der Waals surface area (Å²) >= 11 is 0. The smallest absolute Gasteiger partial charge is 0.0570 e. The Morgan fingerprint density at radius 3 is 2.45 bits per heavy atom. The van der Waals surface area contributed by atoms with Gasteiger partial charge in [-0.15, -0.1) is 0 Å². The zero-order chi connectivity index (χ0) is 15.2. The highest BCUT2D eigenvalue weighted by Gasteiger charge is 2.23. The van der Waals surface area contributed by atoms with E-state index in [2.05, 4.69) is 64.6 Å². The average Bonchev–Trinajstić information content (AvgIpc) is 3.11. The number of benzene rings is 1. The Bertz CT molecular complexity index is 549. The second-order valence-corrected chi connectivity index (χ2v) is 6.05. The topological polar surface area (TPSA) is 28.2 Å². The Morgan fingerprint density at radius 2 is 1.77 bits per heavy atom. The SMILES string of the molecule is CC(NCC(c1ccccc1)N1CCCC1)c1ccccn1. The summed E-state index contributed by atoms with van der Waals surface area (Å²) in [7, 11) is 0. The van der Waals surface area contributed by atoms with E-state index in [1.807, 2.05) is 12.3 Å². The van der Waals surface area contributed by atoms with Gasteiger partial charge in [-0.25, -0.2) is 0 Å². The summed E-state index contributed by atoms with van der Waals surface area (Å²) in [6.45, 7) is 5.56. The molecule has 1 aliphatic rings. The van der Waals surface area contributed by atoms with Crippen molar-refractivity contribution in [1.29, 1.82) is 0 Å². The predicted octanol–water partition coefficient (Wildman–Crippen LogP) is 3.57. The molecular formula is C19H25N3. The van der Waals surface area contributed by atoms with Crippen molar-refractivity contribution in [1.82, 2.24) is 15.2 Å². The summed E-state index contributed by atoms with van der Waals surface area (Å²) < 4.78 is 0. The fourth-order valence-electron chi connectivity index (χ4n) is 3.21. The van der Waals surface area contributed by atoms with Crippen LogP contribution >= 0.6 is 0 Å². The van der Waals surface area contributed by atoms with Crippen LogP contribution in [0.15, 0.2) is 54.7 Å². The Balaban J connectivity index is 1.68. The lowest BCUT2D eigenvalue weighted by atomic mass is 10.0. The van der Waals surface area contributed by atoms with Gasteiger partial charge in [0.2, 0.25) is 0 Å². The van der Waals surface area contributed by atoms with Gasteiger partial charge >= 0.3 is 0 Å². The van der Waals surface area contributed by atoms with E-state index >= 15 is 0 Å². The summed E-state index contributed by atoms with van der Waals surface area (Å²) in [5.74, 6) is 0. The highest BCUT2D eigenvalue weighted by Crippen LogP contribution is 2.25. The molecule has 0 amide bonds. The van der Waals surface area contributed by atoms with Crippen LogP contribution in [0.2, 0.25) is 0 Å². The first-order valence-corrected chi connectivity index (χ1v) is 8.28. The third kappa shape index (κ3) is 3.73. The van der Waals surface area contributed by atoms with Crippen LogP contribution in [-0.4, -0.2) is 29.5 Å². The van der Waals surface area contributed by atoms with Crippen molar-refractivity contribution in [3.63, 3.8) is 0 Å². The maximum absolute atomic E-state index is 4.45. The Kier molecular flexibility index (Phi) is 5.20. The molecule has 0 saturated carbocycles. The van der Waals surface area contributed by atoms with Crippen molar-refractivity contribution < 1.29 is 0 Å². The highest BCUT2D eigenvalue weighted by atomic mass is 15.2. The summed E-state index contributed by atoms with van der Waals surface area (Å²) in [5, 5.41) is 3.67. The minimum atomic E-state index is 0.273. The molecule has 0 spiro atoms. The van der Waals surface area contributed by atoms with E-state index in [-0.39, 0.29) is 6.04 Å². The van der Waals surface area contributed by atoms with E-state index in [1.165, 1.54) is 31.5 Å². The van der Waals surface area contributed by atoms with Crippen LogP contribution in [0.4, 0.5) is 0 Å². The molecule has 2 unspecified atom stereocenters. The number of rotatable bonds is 6. The van der Waals surface area contributed by atoms with Gasteiger partial charge in [-0.2, -0.15) is 0 Å². The first-order valence-electron chi connectivity index (χ1n) is 8.28. The predicted molar refractivity (Wildman–Crippen MR) is 90.6 cm³/mol. The normalized spacial score (nSPS) is 18.2. The number of likely N-dealkylation sites (tertiary alicyclic amines) is 1.